The first kappa shape index (κ1) is 24.7. The molecule has 1 atom stereocenters. The van der Waals surface area contributed by atoms with Crippen LogP contribution in [0.15, 0.2) is 41.8 Å². The van der Waals surface area contributed by atoms with E-state index in [4.69, 9.17) is 10.1 Å². The van der Waals surface area contributed by atoms with Crippen molar-refractivity contribution in [3.63, 3.8) is 0 Å². The number of piperazine rings is 1. The number of rotatable bonds is 5. The Morgan fingerprint density at radius 3 is 2.44 bits per heavy atom. The van der Waals surface area contributed by atoms with Crippen LogP contribution in [0.4, 0.5) is 11.4 Å². The number of aromatic hydroxyl groups is 1. The Kier molecular flexibility index (Phi) is 6.70. The van der Waals surface area contributed by atoms with Crippen LogP contribution in [-0.2, 0) is 6.42 Å². The van der Waals surface area contributed by atoms with Gasteiger partial charge in [0, 0.05) is 49.7 Å². The molecule has 2 aliphatic rings. The first-order chi connectivity index (χ1) is 17.2. The minimum atomic E-state index is -0.226. The van der Waals surface area contributed by atoms with Gasteiger partial charge in [-0.25, -0.2) is 0 Å². The van der Waals surface area contributed by atoms with Gasteiger partial charge in [-0.3, -0.25) is 10.3 Å². The molecular formula is C29H36N4O2S. The predicted molar refractivity (Wildman–Crippen MR) is 150 cm³/mol. The van der Waals surface area contributed by atoms with Gasteiger partial charge in [-0.1, -0.05) is 6.07 Å². The summed E-state index contributed by atoms with van der Waals surface area (Å²) in [6, 6.07) is 12.3. The Balaban J connectivity index is 1.17. The molecular weight excluding hydrogens is 468 g/mol. The highest BCUT2D eigenvalue weighted by Crippen LogP contribution is 2.43. The van der Waals surface area contributed by atoms with Crippen molar-refractivity contribution in [1.82, 2.24) is 4.90 Å². The lowest BCUT2D eigenvalue weighted by atomic mass is 9.86. The van der Waals surface area contributed by atoms with Crippen LogP contribution >= 0.6 is 11.3 Å². The SMILES string of the molecule is Cc1c(C)c2c(c(C)c1O)CCC(C)(CN1CCN(c3ccc(NC(=N)c4cccs4)cc3)CC1)O2. The molecule has 0 amide bonds. The lowest BCUT2D eigenvalue weighted by Gasteiger charge is -2.43. The number of nitrogens with one attached hydrogen (secondary N) is 2. The number of thiophene rings is 1. The van der Waals surface area contributed by atoms with E-state index in [2.05, 4.69) is 53.2 Å². The van der Waals surface area contributed by atoms with Gasteiger partial charge in [0.05, 0.1) is 4.88 Å². The van der Waals surface area contributed by atoms with Gasteiger partial charge in [0.25, 0.3) is 0 Å². The van der Waals surface area contributed by atoms with E-state index in [0.29, 0.717) is 11.6 Å². The third-order valence-electron chi connectivity index (χ3n) is 7.79. The van der Waals surface area contributed by atoms with E-state index in [0.717, 1.165) is 78.6 Å². The zero-order valence-electron chi connectivity index (χ0n) is 21.6. The van der Waals surface area contributed by atoms with E-state index in [-0.39, 0.29) is 5.60 Å². The van der Waals surface area contributed by atoms with Gasteiger partial charge in [-0.05, 0) is 92.9 Å². The summed E-state index contributed by atoms with van der Waals surface area (Å²) in [7, 11) is 0. The molecule has 0 bridgehead atoms. The van der Waals surface area contributed by atoms with Gasteiger partial charge < -0.3 is 20.1 Å². The van der Waals surface area contributed by atoms with Crippen LogP contribution in [-0.4, -0.2) is 54.2 Å². The lowest BCUT2D eigenvalue weighted by Crippen LogP contribution is -2.53. The molecule has 1 fully saturated rings. The van der Waals surface area contributed by atoms with E-state index in [1.807, 2.05) is 31.4 Å². The summed E-state index contributed by atoms with van der Waals surface area (Å²) in [5.74, 6) is 1.83. The van der Waals surface area contributed by atoms with Crippen molar-refractivity contribution in [3.8, 4) is 11.5 Å². The average Bonchev–Trinajstić information content (AvgIpc) is 3.42. The van der Waals surface area contributed by atoms with Crippen molar-refractivity contribution in [1.29, 1.82) is 5.41 Å². The van der Waals surface area contributed by atoms with Gasteiger partial charge in [0.15, 0.2) is 0 Å². The number of ether oxygens (including phenoxy) is 1. The maximum atomic E-state index is 10.5. The van der Waals surface area contributed by atoms with E-state index in [1.54, 1.807) is 11.3 Å². The third kappa shape index (κ3) is 4.82. The number of nitrogens with zero attached hydrogens (tertiary/aromatic N) is 2. The highest BCUT2D eigenvalue weighted by molar-refractivity contribution is 7.12. The Labute approximate surface area is 218 Å². The molecule has 0 saturated carbocycles. The fraction of sp³-hybridized carbons (Fsp3) is 0.414. The highest BCUT2D eigenvalue weighted by atomic mass is 32.1. The molecule has 2 aromatic carbocycles. The molecule has 0 spiro atoms. The number of benzene rings is 2. The monoisotopic (exact) mass is 504 g/mol. The van der Waals surface area contributed by atoms with E-state index in [9.17, 15) is 5.11 Å². The molecule has 5 rings (SSSR count). The van der Waals surface area contributed by atoms with Crippen LogP contribution in [0.2, 0.25) is 0 Å². The molecule has 3 heterocycles. The summed E-state index contributed by atoms with van der Waals surface area (Å²) in [6.07, 6.45) is 1.90. The number of hydrogen-bond donors (Lipinski definition) is 3. The van der Waals surface area contributed by atoms with Gasteiger partial charge in [0.2, 0.25) is 0 Å². The molecule has 0 radical (unpaired) electrons. The normalized spacial score (nSPS) is 20.1. The second-order valence-electron chi connectivity index (χ2n) is 10.4. The average molecular weight is 505 g/mol. The molecule has 7 heteroatoms. The lowest BCUT2D eigenvalue weighted by molar-refractivity contribution is 0.0227. The second-order valence-corrected chi connectivity index (χ2v) is 11.3. The molecule has 1 aromatic heterocycles. The largest absolute Gasteiger partial charge is 0.507 e. The third-order valence-corrected chi connectivity index (χ3v) is 8.68. The van der Waals surface area contributed by atoms with Gasteiger partial charge in [-0.15, -0.1) is 11.3 Å². The van der Waals surface area contributed by atoms with Crippen LogP contribution in [0.1, 0.15) is 40.5 Å². The molecule has 3 aromatic rings. The Morgan fingerprint density at radius 1 is 1.06 bits per heavy atom. The van der Waals surface area contributed by atoms with Gasteiger partial charge in [-0.2, -0.15) is 0 Å². The Morgan fingerprint density at radius 2 is 1.78 bits per heavy atom. The van der Waals surface area contributed by atoms with Gasteiger partial charge in [0.1, 0.15) is 22.9 Å². The second kappa shape index (κ2) is 9.79. The summed E-state index contributed by atoms with van der Waals surface area (Å²) in [6.45, 7) is 13.1. The van der Waals surface area contributed by atoms with Crippen molar-refractivity contribution in [2.75, 3.05) is 42.9 Å². The smallest absolute Gasteiger partial charge is 0.140 e. The number of amidine groups is 1. The predicted octanol–water partition coefficient (Wildman–Crippen LogP) is 5.72. The summed E-state index contributed by atoms with van der Waals surface area (Å²) in [4.78, 5) is 5.90. The first-order valence-electron chi connectivity index (χ1n) is 12.7. The topological polar surface area (TPSA) is 71.8 Å². The Bertz CT molecular complexity index is 1250. The van der Waals surface area contributed by atoms with Crippen LogP contribution in [0.3, 0.4) is 0 Å². The molecule has 3 N–H and O–H groups in total. The van der Waals surface area contributed by atoms with Crippen molar-refractivity contribution in [2.45, 2.75) is 46.1 Å². The fourth-order valence-electron chi connectivity index (χ4n) is 5.43. The van der Waals surface area contributed by atoms with Gasteiger partial charge >= 0.3 is 0 Å². The van der Waals surface area contributed by atoms with Crippen molar-refractivity contribution >= 4 is 28.5 Å². The molecule has 1 saturated heterocycles. The molecule has 190 valence electrons. The van der Waals surface area contributed by atoms with Crippen LogP contribution in [0.5, 0.6) is 11.5 Å². The maximum Gasteiger partial charge on any atom is 0.140 e. The summed E-state index contributed by atoms with van der Waals surface area (Å²) in [5.41, 5.74) is 6.05. The highest BCUT2D eigenvalue weighted by Gasteiger charge is 2.36. The van der Waals surface area contributed by atoms with Crippen LogP contribution in [0.25, 0.3) is 0 Å². The van der Waals surface area contributed by atoms with Crippen molar-refractivity contribution in [2.24, 2.45) is 0 Å². The van der Waals surface area contributed by atoms with E-state index >= 15 is 0 Å². The van der Waals surface area contributed by atoms with E-state index in [1.165, 1.54) is 11.3 Å². The molecule has 1 unspecified atom stereocenters. The maximum absolute atomic E-state index is 10.5. The minimum Gasteiger partial charge on any atom is -0.507 e. The molecule has 0 aliphatic carbocycles. The van der Waals surface area contributed by atoms with E-state index < -0.39 is 0 Å². The summed E-state index contributed by atoms with van der Waals surface area (Å²) < 4.78 is 6.66. The van der Waals surface area contributed by atoms with Crippen molar-refractivity contribution < 1.29 is 9.84 Å². The molecule has 6 nitrogen and oxygen atoms in total. The van der Waals surface area contributed by atoms with Crippen LogP contribution in [0, 0.1) is 26.2 Å². The molecule has 36 heavy (non-hydrogen) atoms. The zero-order valence-corrected chi connectivity index (χ0v) is 22.5. The summed E-state index contributed by atoms with van der Waals surface area (Å²) >= 11 is 1.57. The standard InChI is InChI=1S/C29H36N4O2S/c1-19-20(2)27-24(21(3)26(19)34)11-12-29(4,35-27)18-32-13-15-33(16-14-32)23-9-7-22(8-10-23)31-28(30)25-6-5-17-36-25/h5-10,17,34H,11-16,18H2,1-4H3,(H2,30,31). The number of phenolic OH excluding ortho intramolecular Hbond substituents is 1. The zero-order chi connectivity index (χ0) is 25.4. The number of phenols is 1. The number of fused-ring (bicyclic) bond motifs is 1. The number of hydrogen-bond acceptors (Lipinski definition) is 6. The van der Waals surface area contributed by atoms with Crippen LogP contribution < -0.4 is 15.0 Å². The Hall–Kier alpha value is -3.03. The summed E-state index contributed by atoms with van der Waals surface area (Å²) in [5, 5.41) is 23.9. The fourth-order valence-corrected chi connectivity index (χ4v) is 6.06. The molecule has 2 aliphatic heterocycles. The minimum absolute atomic E-state index is 0.226. The van der Waals surface area contributed by atoms with Crippen molar-refractivity contribution in [3.05, 3.63) is 68.9 Å². The number of anilines is 2. The first-order valence-corrected chi connectivity index (χ1v) is 13.6. The quantitative estimate of drug-likeness (QED) is 0.306.